The number of nitrogens with zero attached hydrogens (tertiary/aromatic N) is 1. The van der Waals surface area contributed by atoms with Crippen LogP contribution in [0.2, 0.25) is 0 Å². The van der Waals surface area contributed by atoms with E-state index in [-0.39, 0.29) is 12.0 Å². The lowest BCUT2D eigenvalue weighted by Crippen LogP contribution is -2.27. The van der Waals surface area contributed by atoms with Gasteiger partial charge < -0.3 is 10.3 Å². The van der Waals surface area contributed by atoms with Gasteiger partial charge in [0.05, 0.1) is 10.6 Å². The summed E-state index contributed by atoms with van der Waals surface area (Å²) >= 11 is 4.83. The molecule has 104 valence electrons. The van der Waals surface area contributed by atoms with Crippen LogP contribution in [0.15, 0.2) is 23.1 Å². The molecule has 1 aromatic heterocycles. The van der Waals surface area contributed by atoms with Crippen LogP contribution in [0.5, 0.6) is 0 Å². The van der Waals surface area contributed by atoms with Gasteiger partial charge in [0, 0.05) is 25.2 Å². The van der Waals surface area contributed by atoms with E-state index < -0.39 is 17.3 Å². The highest BCUT2D eigenvalue weighted by molar-refractivity contribution is 7.80. The van der Waals surface area contributed by atoms with Crippen molar-refractivity contribution in [2.75, 3.05) is 0 Å². The topological polar surface area (TPSA) is 48.0 Å². The molecule has 2 rings (SSSR count). The van der Waals surface area contributed by atoms with Gasteiger partial charge in [-0.05, 0) is 24.3 Å². The third kappa shape index (κ3) is 3.34. The zero-order valence-corrected chi connectivity index (χ0v) is 10.9. The number of nitrogens with two attached hydrogens (primary N) is 1. The molecule has 0 unspecified atom stereocenters. The first-order valence-electron chi connectivity index (χ1n) is 5.78. The van der Waals surface area contributed by atoms with E-state index in [2.05, 4.69) is 0 Å². The van der Waals surface area contributed by atoms with E-state index in [0.29, 0.717) is 11.4 Å². The minimum absolute atomic E-state index is 0.229. The van der Waals surface area contributed by atoms with Crippen molar-refractivity contribution in [3.63, 3.8) is 0 Å². The van der Waals surface area contributed by atoms with Gasteiger partial charge in [0.1, 0.15) is 0 Å². The van der Waals surface area contributed by atoms with E-state index in [1.165, 1.54) is 0 Å². The lowest BCUT2D eigenvalue weighted by molar-refractivity contribution is -0.138. The standard InChI is InChI=1S/C12H13F3N2OS/c13-12(14,15)8-1-2-10(18)17(6-8)7-11(3-4-11)5-9(16)19/h1-2,6H,3-5,7H2,(H2,16,19). The van der Waals surface area contributed by atoms with Gasteiger partial charge in [-0.1, -0.05) is 12.2 Å². The lowest BCUT2D eigenvalue weighted by Gasteiger charge is -2.17. The van der Waals surface area contributed by atoms with Gasteiger partial charge in [-0.3, -0.25) is 4.79 Å². The molecule has 1 aliphatic rings. The second-order valence-electron chi connectivity index (χ2n) is 5.02. The molecule has 3 nitrogen and oxygen atoms in total. The second-order valence-corrected chi connectivity index (χ2v) is 5.55. The second kappa shape index (κ2) is 4.63. The number of pyridine rings is 1. The molecule has 2 N–H and O–H groups in total. The number of aromatic nitrogens is 1. The Kier molecular flexibility index (Phi) is 3.42. The summed E-state index contributed by atoms with van der Waals surface area (Å²) in [5.74, 6) is 0. The normalized spacial score (nSPS) is 17.2. The molecular weight excluding hydrogens is 277 g/mol. The van der Waals surface area contributed by atoms with Gasteiger partial charge in [-0.25, -0.2) is 0 Å². The van der Waals surface area contributed by atoms with Crippen molar-refractivity contribution in [3.8, 4) is 0 Å². The molecule has 0 atom stereocenters. The Morgan fingerprint density at radius 3 is 2.53 bits per heavy atom. The van der Waals surface area contributed by atoms with Crippen LogP contribution < -0.4 is 11.3 Å². The monoisotopic (exact) mass is 290 g/mol. The van der Waals surface area contributed by atoms with E-state index in [0.717, 1.165) is 35.7 Å². The molecule has 1 saturated carbocycles. The molecule has 19 heavy (non-hydrogen) atoms. The molecule has 0 aliphatic heterocycles. The third-order valence-corrected chi connectivity index (χ3v) is 3.47. The molecular formula is C12H13F3N2OS. The molecule has 0 spiro atoms. The number of alkyl halides is 3. The average Bonchev–Trinajstić information content (AvgIpc) is 2.98. The van der Waals surface area contributed by atoms with Gasteiger partial charge in [-0.2, -0.15) is 13.2 Å². The quantitative estimate of drug-likeness (QED) is 0.866. The number of hydrogen-bond donors (Lipinski definition) is 1. The Balaban J connectivity index is 2.26. The van der Waals surface area contributed by atoms with E-state index in [1.54, 1.807) is 0 Å². The van der Waals surface area contributed by atoms with Crippen LogP contribution in [-0.2, 0) is 12.7 Å². The largest absolute Gasteiger partial charge is 0.417 e. The number of rotatable bonds is 4. The summed E-state index contributed by atoms with van der Waals surface area (Å²) in [6.07, 6.45) is -1.47. The van der Waals surface area contributed by atoms with Gasteiger partial charge in [0.15, 0.2) is 0 Å². The summed E-state index contributed by atoms with van der Waals surface area (Å²) in [7, 11) is 0. The molecule has 1 heterocycles. The van der Waals surface area contributed by atoms with Crippen LogP contribution in [0, 0.1) is 5.41 Å². The number of thiocarbonyl (C=S) groups is 1. The van der Waals surface area contributed by atoms with E-state index in [4.69, 9.17) is 18.0 Å². The highest BCUT2D eigenvalue weighted by Crippen LogP contribution is 2.50. The Morgan fingerprint density at radius 1 is 1.42 bits per heavy atom. The van der Waals surface area contributed by atoms with Crippen molar-refractivity contribution in [1.82, 2.24) is 4.57 Å². The maximum Gasteiger partial charge on any atom is 0.417 e. The first kappa shape index (κ1) is 14.0. The minimum atomic E-state index is -4.45. The summed E-state index contributed by atoms with van der Waals surface area (Å²) in [5.41, 5.74) is 3.97. The molecule has 0 bridgehead atoms. The number of hydrogen-bond acceptors (Lipinski definition) is 2. The zero-order valence-electron chi connectivity index (χ0n) is 10.0. The van der Waals surface area contributed by atoms with Crippen molar-refractivity contribution < 1.29 is 13.2 Å². The molecule has 7 heteroatoms. The fraction of sp³-hybridized carbons (Fsp3) is 0.500. The first-order chi connectivity index (χ1) is 8.72. The third-order valence-electron chi connectivity index (χ3n) is 3.32. The molecule has 1 aromatic rings. The van der Waals surface area contributed by atoms with Crippen molar-refractivity contribution in [3.05, 3.63) is 34.2 Å². The minimum Gasteiger partial charge on any atom is -0.393 e. The Hall–Kier alpha value is -1.37. The van der Waals surface area contributed by atoms with Crippen LogP contribution in [0.25, 0.3) is 0 Å². The molecule has 0 radical (unpaired) electrons. The summed E-state index contributed by atoms with van der Waals surface area (Å²) in [5, 5.41) is 0. The van der Waals surface area contributed by atoms with E-state index >= 15 is 0 Å². The smallest absolute Gasteiger partial charge is 0.393 e. The Bertz CT molecular complexity index is 561. The molecule has 0 aromatic carbocycles. The molecule has 1 fully saturated rings. The zero-order chi connectivity index (χ0) is 14.3. The van der Waals surface area contributed by atoms with Gasteiger partial charge >= 0.3 is 6.18 Å². The average molecular weight is 290 g/mol. The van der Waals surface area contributed by atoms with Crippen molar-refractivity contribution in [2.45, 2.75) is 32.0 Å². The summed E-state index contributed by atoms with van der Waals surface area (Å²) in [6, 6.07) is 1.74. The molecule has 0 saturated heterocycles. The SMILES string of the molecule is NC(=S)CC1(Cn2cc(C(F)(F)F)ccc2=O)CC1. The van der Waals surface area contributed by atoms with Crippen LogP contribution in [-0.4, -0.2) is 9.56 Å². The highest BCUT2D eigenvalue weighted by Gasteiger charge is 2.43. The fourth-order valence-electron chi connectivity index (χ4n) is 2.12. The van der Waals surface area contributed by atoms with Crippen LogP contribution in [0.1, 0.15) is 24.8 Å². The predicted octanol–water partition coefficient (Wildman–Crippen LogP) is 2.32. The van der Waals surface area contributed by atoms with Crippen molar-refractivity contribution in [1.29, 1.82) is 0 Å². The maximum atomic E-state index is 12.6. The van der Waals surface area contributed by atoms with Crippen LogP contribution in [0.3, 0.4) is 0 Å². The van der Waals surface area contributed by atoms with Gasteiger partial charge in [0.25, 0.3) is 5.56 Å². The Morgan fingerprint density at radius 2 is 2.05 bits per heavy atom. The van der Waals surface area contributed by atoms with E-state index in [1.807, 2.05) is 0 Å². The summed E-state index contributed by atoms with van der Waals surface area (Å²) in [6.45, 7) is 0.229. The van der Waals surface area contributed by atoms with Crippen LogP contribution >= 0.6 is 12.2 Å². The van der Waals surface area contributed by atoms with Gasteiger partial charge in [-0.15, -0.1) is 0 Å². The summed E-state index contributed by atoms with van der Waals surface area (Å²) < 4.78 is 38.9. The fourth-order valence-corrected chi connectivity index (χ4v) is 2.43. The molecule has 1 aliphatic carbocycles. The summed E-state index contributed by atoms with van der Waals surface area (Å²) in [4.78, 5) is 12.0. The maximum absolute atomic E-state index is 12.6. The molecule has 0 amide bonds. The Labute approximate surface area is 113 Å². The highest BCUT2D eigenvalue weighted by atomic mass is 32.1. The van der Waals surface area contributed by atoms with Crippen LogP contribution in [0.4, 0.5) is 13.2 Å². The first-order valence-corrected chi connectivity index (χ1v) is 6.19. The van der Waals surface area contributed by atoms with Crippen molar-refractivity contribution >= 4 is 17.2 Å². The van der Waals surface area contributed by atoms with E-state index in [9.17, 15) is 18.0 Å². The van der Waals surface area contributed by atoms with Gasteiger partial charge in [0.2, 0.25) is 0 Å². The predicted molar refractivity (Wildman–Crippen MR) is 68.8 cm³/mol. The van der Waals surface area contributed by atoms with Crippen molar-refractivity contribution in [2.24, 2.45) is 11.1 Å². The lowest BCUT2D eigenvalue weighted by atomic mass is 10.0. The number of halogens is 3.